The molecule has 0 spiro atoms. The zero-order valence-corrected chi connectivity index (χ0v) is 11.6. The number of nitrogens with two attached hydrogens (primary N) is 1. The van der Waals surface area contributed by atoms with Crippen LogP contribution in [0.15, 0.2) is 18.2 Å². The van der Waals surface area contributed by atoms with E-state index in [1.165, 1.54) is 25.7 Å². The molecule has 0 saturated heterocycles. The number of benzene rings is 1. The molecule has 1 fully saturated rings. The third kappa shape index (κ3) is 3.19. The molecule has 1 amide bonds. The number of methoxy groups -OCH3 is 1. The summed E-state index contributed by atoms with van der Waals surface area (Å²) < 4.78 is 5.21. The molecule has 0 aromatic heterocycles. The van der Waals surface area contributed by atoms with Gasteiger partial charge in [-0.2, -0.15) is 0 Å². The number of hydrogen-bond donors (Lipinski definition) is 2. The first-order valence-electron chi connectivity index (χ1n) is 6.86. The summed E-state index contributed by atoms with van der Waals surface area (Å²) in [7, 11) is 1.55. The summed E-state index contributed by atoms with van der Waals surface area (Å²) >= 11 is 0. The second-order valence-corrected chi connectivity index (χ2v) is 5.27. The summed E-state index contributed by atoms with van der Waals surface area (Å²) in [5, 5.41) is 3.07. The van der Waals surface area contributed by atoms with Crippen molar-refractivity contribution in [1.29, 1.82) is 0 Å². The van der Waals surface area contributed by atoms with E-state index in [1.807, 2.05) is 0 Å². The normalized spacial score (nSPS) is 17.2. The lowest BCUT2D eigenvalue weighted by Gasteiger charge is -2.21. The first-order chi connectivity index (χ1) is 9.11. The van der Waals surface area contributed by atoms with Crippen LogP contribution in [-0.4, -0.2) is 19.1 Å². The Morgan fingerprint density at radius 2 is 2.11 bits per heavy atom. The van der Waals surface area contributed by atoms with E-state index in [1.54, 1.807) is 25.3 Å². The molecule has 0 heterocycles. The number of amides is 1. The van der Waals surface area contributed by atoms with Crippen molar-refractivity contribution in [3.05, 3.63) is 23.8 Å². The molecule has 1 saturated carbocycles. The Hall–Kier alpha value is -1.71. The van der Waals surface area contributed by atoms with Gasteiger partial charge in [0.15, 0.2) is 0 Å². The molecular formula is C15H22N2O2. The maximum absolute atomic E-state index is 12.3. The standard InChI is InChI=1S/C15H22N2O2/c1-10(11-5-3-4-6-11)17-15(18)13-8-7-12(16)9-14(13)19-2/h7-11H,3-6,16H2,1-2H3,(H,17,18). The van der Waals surface area contributed by atoms with E-state index in [4.69, 9.17) is 10.5 Å². The van der Waals surface area contributed by atoms with Gasteiger partial charge in [0.2, 0.25) is 0 Å². The van der Waals surface area contributed by atoms with Gasteiger partial charge in [-0.25, -0.2) is 0 Å². The Balaban J connectivity index is 2.06. The van der Waals surface area contributed by atoms with Crippen LogP contribution in [0.2, 0.25) is 0 Å². The van der Waals surface area contributed by atoms with Crippen LogP contribution in [0.5, 0.6) is 5.75 Å². The van der Waals surface area contributed by atoms with Crippen molar-refractivity contribution in [2.24, 2.45) is 5.92 Å². The summed E-state index contributed by atoms with van der Waals surface area (Å²) in [6.07, 6.45) is 4.97. The van der Waals surface area contributed by atoms with E-state index < -0.39 is 0 Å². The summed E-state index contributed by atoms with van der Waals surface area (Å²) in [4.78, 5) is 12.3. The Morgan fingerprint density at radius 1 is 1.42 bits per heavy atom. The third-order valence-electron chi connectivity index (χ3n) is 3.94. The molecule has 1 unspecified atom stereocenters. The van der Waals surface area contributed by atoms with Gasteiger partial charge in [0, 0.05) is 17.8 Å². The average molecular weight is 262 g/mol. The highest BCUT2D eigenvalue weighted by Crippen LogP contribution is 2.28. The fraction of sp³-hybridized carbons (Fsp3) is 0.533. The second kappa shape index (κ2) is 5.95. The maximum Gasteiger partial charge on any atom is 0.255 e. The van der Waals surface area contributed by atoms with Gasteiger partial charge < -0.3 is 15.8 Å². The number of carbonyl (C=O) groups is 1. The topological polar surface area (TPSA) is 64.3 Å². The van der Waals surface area contributed by atoms with Gasteiger partial charge in [-0.05, 0) is 37.8 Å². The summed E-state index contributed by atoms with van der Waals surface area (Å²) in [6, 6.07) is 5.31. The molecule has 0 aliphatic heterocycles. The molecule has 1 aromatic carbocycles. The van der Waals surface area contributed by atoms with Gasteiger partial charge in [0.05, 0.1) is 12.7 Å². The molecule has 19 heavy (non-hydrogen) atoms. The van der Waals surface area contributed by atoms with Crippen molar-refractivity contribution in [1.82, 2.24) is 5.32 Å². The van der Waals surface area contributed by atoms with Gasteiger partial charge >= 0.3 is 0 Å². The zero-order valence-electron chi connectivity index (χ0n) is 11.6. The average Bonchev–Trinajstić information content (AvgIpc) is 2.92. The SMILES string of the molecule is COc1cc(N)ccc1C(=O)NC(C)C1CCCC1. The van der Waals surface area contributed by atoms with Crippen LogP contribution < -0.4 is 15.8 Å². The molecule has 0 bridgehead atoms. The number of carbonyl (C=O) groups excluding carboxylic acids is 1. The Morgan fingerprint density at radius 3 is 2.74 bits per heavy atom. The number of anilines is 1. The highest BCUT2D eigenvalue weighted by atomic mass is 16.5. The van der Waals surface area contributed by atoms with Crippen LogP contribution >= 0.6 is 0 Å². The first-order valence-corrected chi connectivity index (χ1v) is 6.86. The van der Waals surface area contributed by atoms with Gasteiger partial charge in [-0.3, -0.25) is 4.79 Å². The zero-order chi connectivity index (χ0) is 13.8. The monoisotopic (exact) mass is 262 g/mol. The Kier molecular flexibility index (Phi) is 4.30. The van der Waals surface area contributed by atoms with Gasteiger partial charge in [-0.15, -0.1) is 0 Å². The van der Waals surface area contributed by atoms with Crippen molar-refractivity contribution < 1.29 is 9.53 Å². The molecule has 104 valence electrons. The quantitative estimate of drug-likeness (QED) is 0.820. The molecule has 1 aliphatic rings. The molecule has 2 rings (SSSR count). The van der Waals surface area contributed by atoms with Gasteiger partial charge in [-0.1, -0.05) is 12.8 Å². The Bertz CT molecular complexity index is 453. The van der Waals surface area contributed by atoms with Crippen molar-refractivity contribution in [3.8, 4) is 5.75 Å². The molecule has 1 aliphatic carbocycles. The summed E-state index contributed by atoms with van der Waals surface area (Å²) in [5.41, 5.74) is 6.83. The van der Waals surface area contributed by atoms with Crippen molar-refractivity contribution in [3.63, 3.8) is 0 Å². The van der Waals surface area contributed by atoms with Crippen molar-refractivity contribution >= 4 is 11.6 Å². The highest BCUT2D eigenvalue weighted by Gasteiger charge is 2.24. The van der Waals surface area contributed by atoms with Crippen molar-refractivity contribution in [2.45, 2.75) is 38.6 Å². The number of hydrogen-bond acceptors (Lipinski definition) is 3. The van der Waals surface area contributed by atoms with E-state index in [0.717, 1.165) is 0 Å². The number of nitrogens with one attached hydrogen (secondary N) is 1. The van der Waals surface area contributed by atoms with E-state index >= 15 is 0 Å². The lowest BCUT2D eigenvalue weighted by atomic mass is 9.99. The highest BCUT2D eigenvalue weighted by molar-refractivity contribution is 5.97. The van der Waals surface area contributed by atoms with Crippen LogP contribution in [0.1, 0.15) is 43.0 Å². The third-order valence-corrected chi connectivity index (χ3v) is 3.94. The lowest BCUT2D eigenvalue weighted by molar-refractivity contribution is 0.0924. The molecule has 1 atom stereocenters. The van der Waals surface area contributed by atoms with E-state index in [-0.39, 0.29) is 11.9 Å². The second-order valence-electron chi connectivity index (χ2n) is 5.27. The van der Waals surface area contributed by atoms with Crippen LogP contribution in [0.3, 0.4) is 0 Å². The predicted molar refractivity (Wildman–Crippen MR) is 76.3 cm³/mol. The minimum absolute atomic E-state index is 0.0868. The molecule has 4 nitrogen and oxygen atoms in total. The number of nitrogen functional groups attached to an aromatic ring is 1. The minimum Gasteiger partial charge on any atom is -0.496 e. The molecule has 4 heteroatoms. The van der Waals surface area contributed by atoms with Crippen LogP contribution in [0.25, 0.3) is 0 Å². The first kappa shape index (κ1) is 13.7. The van der Waals surface area contributed by atoms with Gasteiger partial charge in [0.25, 0.3) is 5.91 Å². The fourth-order valence-corrected chi connectivity index (χ4v) is 2.76. The van der Waals surface area contributed by atoms with E-state index in [2.05, 4.69) is 12.2 Å². The van der Waals surface area contributed by atoms with Crippen molar-refractivity contribution in [2.75, 3.05) is 12.8 Å². The molecular weight excluding hydrogens is 240 g/mol. The van der Waals surface area contributed by atoms with Crippen LogP contribution in [-0.2, 0) is 0 Å². The van der Waals surface area contributed by atoms with Gasteiger partial charge in [0.1, 0.15) is 5.75 Å². The maximum atomic E-state index is 12.3. The Labute approximate surface area is 114 Å². The number of ether oxygens (including phenoxy) is 1. The lowest BCUT2D eigenvalue weighted by Crippen LogP contribution is -2.37. The van der Waals surface area contributed by atoms with E-state index in [0.29, 0.717) is 22.9 Å². The smallest absolute Gasteiger partial charge is 0.255 e. The fourth-order valence-electron chi connectivity index (χ4n) is 2.76. The minimum atomic E-state index is -0.0868. The summed E-state index contributed by atoms with van der Waals surface area (Å²) in [5.74, 6) is 1.04. The van der Waals surface area contributed by atoms with Crippen LogP contribution in [0, 0.1) is 5.92 Å². The van der Waals surface area contributed by atoms with E-state index in [9.17, 15) is 4.79 Å². The molecule has 3 N–H and O–H groups in total. The molecule has 0 radical (unpaired) electrons. The number of rotatable bonds is 4. The predicted octanol–water partition coefficient (Wildman–Crippen LogP) is 2.59. The largest absolute Gasteiger partial charge is 0.496 e. The summed E-state index contributed by atoms with van der Waals surface area (Å²) in [6.45, 7) is 2.08. The molecule has 1 aromatic rings. The van der Waals surface area contributed by atoms with Crippen LogP contribution in [0.4, 0.5) is 5.69 Å².